The minimum atomic E-state index is 0.560. The van der Waals surface area contributed by atoms with Crippen LogP contribution in [0.25, 0.3) is 123 Å². The molecule has 12 rings (SSSR count). The lowest BCUT2D eigenvalue weighted by molar-refractivity contribution is 0.669. The highest BCUT2D eigenvalue weighted by atomic mass is 16.3. The van der Waals surface area contributed by atoms with Gasteiger partial charge in [-0.3, -0.25) is 4.98 Å². The number of furan rings is 1. The van der Waals surface area contributed by atoms with Gasteiger partial charge >= 0.3 is 0 Å². The molecule has 8 aromatic carbocycles. The van der Waals surface area contributed by atoms with Crippen molar-refractivity contribution in [2.24, 2.45) is 0 Å². The first-order valence-corrected chi connectivity index (χ1v) is 20.8. The van der Waals surface area contributed by atoms with Gasteiger partial charge < -0.3 is 4.42 Å². The van der Waals surface area contributed by atoms with Gasteiger partial charge in [0.25, 0.3) is 0 Å². The Morgan fingerprint density at radius 1 is 0.333 bits per heavy atom. The summed E-state index contributed by atoms with van der Waals surface area (Å²) in [5, 5.41) is 3.98. The van der Waals surface area contributed by atoms with E-state index in [1.165, 1.54) is 0 Å². The predicted octanol–water partition coefficient (Wildman–Crippen LogP) is 13.9. The Morgan fingerprint density at radius 2 is 0.889 bits per heavy atom. The van der Waals surface area contributed by atoms with Gasteiger partial charge in [-0.05, 0) is 53.1 Å². The van der Waals surface area contributed by atoms with E-state index in [0.717, 1.165) is 99.5 Å². The van der Waals surface area contributed by atoms with E-state index < -0.39 is 0 Å². The normalized spacial score (nSPS) is 11.5. The molecule has 0 spiro atoms. The first-order valence-electron chi connectivity index (χ1n) is 20.8. The Bertz CT molecular complexity index is 3660. The van der Waals surface area contributed by atoms with Gasteiger partial charge in [0.05, 0.1) is 16.7 Å². The van der Waals surface area contributed by atoms with Crippen molar-refractivity contribution in [3.8, 4) is 79.1 Å². The molecule has 0 amide bonds. The molecule has 0 aliphatic heterocycles. The minimum absolute atomic E-state index is 0.560. The summed E-state index contributed by atoms with van der Waals surface area (Å²) in [6.07, 6.45) is 1.84. The second kappa shape index (κ2) is 15.1. The highest BCUT2D eigenvalue weighted by molar-refractivity contribution is 6.13. The molecular weight excluding hydrogens is 773 g/mol. The van der Waals surface area contributed by atoms with E-state index in [2.05, 4.69) is 102 Å². The van der Waals surface area contributed by atoms with Gasteiger partial charge in [0.2, 0.25) is 0 Å². The molecule has 0 fully saturated rings. The van der Waals surface area contributed by atoms with Crippen LogP contribution in [0.15, 0.2) is 211 Å². The summed E-state index contributed by atoms with van der Waals surface area (Å²) < 4.78 is 6.53. The number of nitrogens with zero attached hydrogens (tertiary/aromatic N) is 6. The molecule has 4 heterocycles. The maximum atomic E-state index is 6.53. The molecule has 7 heteroatoms. The minimum Gasteiger partial charge on any atom is -0.456 e. The van der Waals surface area contributed by atoms with Crippen molar-refractivity contribution in [3.05, 3.63) is 206 Å². The van der Waals surface area contributed by atoms with Crippen LogP contribution in [0.2, 0.25) is 0 Å². The first-order chi connectivity index (χ1) is 31.2. The van der Waals surface area contributed by atoms with Crippen molar-refractivity contribution in [3.63, 3.8) is 0 Å². The van der Waals surface area contributed by atoms with E-state index in [9.17, 15) is 0 Å². The van der Waals surface area contributed by atoms with Crippen LogP contribution in [0.4, 0.5) is 0 Å². The van der Waals surface area contributed by atoms with Gasteiger partial charge in [0.1, 0.15) is 11.2 Å². The Hall–Kier alpha value is -8.68. The molecule has 12 aromatic rings. The van der Waals surface area contributed by atoms with E-state index in [4.69, 9.17) is 29.3 Å². The number of para-hydroxylation sites is 1. The zero-order chi connectivity index (χ0) is 41.7. The molecule has 0 atom stereocenters. The predicted molar refractivity (Wildman–Crippen MR) is 254 cm³/mol. The van der Waals surface area contributed by atoms with Gasteiger partial charge in [0, 0.05) is 61.1 Å². The monoisotopic (exact) mass is 806 g/mol. The second-order valence-electron chi connectivity index (χ2n) is 15.5. The third-order valence-corrected chi connectivity index (χ3v) is 11.6. The molecule has 0 bridgehead atoms. The van der Waals surface area contributed by atoms with Crippen molar-refractivity contribution in [1.29, 1.82) is 0 Å². The number of fused-ring (bicyclic) bond motifs is 5. The maximum Gasteiger partial charge on any atom is 0.164 e. The smallest absolute Gasteiger partial charge is 0.164 e. The summed E-state index contributed by atoms with van der Waals surface area (Å²) in [6.45, 7) is 0. The molecule has 0 aliphatic rings. The molecular formula is C56H34N6O. The molecule has 0 N–H and O–H groups in total. The Kier molecular flexibility index (Phi) is 8.67. The van der Waals surface area contributed by atoms with Gasteiger partial charge in [-0.1, -0.05) is 164 Å². The fourth-order valence-corrected chi connectivity index (χ4v) is 8.51. The van der Waals surface area contributed by atoms with E-state index in [0.29, 0.717) is 23.3 Å². The molecule has 0 radical (unpaired) electrons. The molecule has 294 valence electrons. The van der Waals surface area contributed by atoms with Crippen LogP contribution in [0.5, 0.6) is 0 Å². The molecule has 0 aliphatic carbocycles. The van der Waals surface area contributed by atoms with Gasteiger partial charge in [-0.2, -0.15) is 0 Å². The molecule has 0 saturated carbocycles. The van der Waals surface area contributed by atoms with E-state index in [1.807, 2.05) is 109 Å². The van der Waals surface area contributed by atoms with Crippen LogP contribution in [0.3, 0.4) is 0 Å². The van der Waals surface area contributed by atoms with Crippen molar-refractivity contribution >= 4 is 43.7 Å². The fourth-order valence-electron chi connectivity index (χ4n) is 8.51. The largest absolute Gasteiger partial charge is 0.456 e. The van der Waals surface area contributed by atoms with Crippen LogP contribution < -0.4 is 0 Å². The third kappa shape index (κ3) is 6.56. The molecule has 7 nitrogen and oxygen atoms in total. The highest BCUT2D eigenvalue weighted by Gasteiger charge is 2.20. The number of hydrogen-bond donors (Lipinski definition) is 0. The molecule has 63 heavy (non-hydrogen) atoms. The van der Waals surface area contributed by atoms with Crippen molar-refractivity contribution in [2.75, 3.05) is 0 Å². The van der Waals surface area contributed by atoms with E-state index in [-0.39, 0.29) is 0 Å². The standard InChI is InChI=1S/C56H34N6O/c1-4-13-37(14-5-1)52-45-33-41(28-30-47(45)58-53(59-52)38-15-6-2-7-16-38)42-29-31-48-46(34-42)50-44(22-11-23-49(50)63-48)56-61-54(39-17-8-3-9-18-39)60-55(62-56)40-26-24-35(25-27-40)43-21-10-19-36-20-12-32-57-51(36)43/h1-34H. The Morgan fingerprint density at radius 3 is 1.62 bits per heavy atom. The van der Waals surface area contributed by atoms with Crippen molar-refractivity contribution in [1.82, 2.24) is 29.9 Å². The average molecular weight is 807 g/mol. The summed E-state index contributed by atoms with van der Waals surface area (Å²) in [7, 11) is 0. The second-order valence-corrected chi connectivity index (χ2v) is 15.5. The van der Waals surface area contributed by atoms with Crippen LogP contribution >= 0.6 is 0 Å². The van der Waals surface area contributed by atoms with Crippen LogP contribution in [0, 0.1) is 0 Å². The number of pyridine rings is 1. The zero-order valence-electron chi connectivity index (χ0n) is 33.7. The Balaban J connectivity index is 0.989. The third-order valence-electron chi connectivity index (χ3n) is 11.6. The van der Waals surface area contributed by atoms with Crippen LogP contribution in [-0.2, 0) is 0 Å². The summed E-state index contributed by atoms with van der Waals surface area (Å²) >= 11 is 0. The number of rotatable bonds is 7. The molecule has 0 saturated heterocycles. The molecule has 4 aromatic heterocycles. The summed E-state index contributed by atoms with van der Waals surface area (Å²) in [5.74, 6) is 2.42. The summed E-state index contributed by atoms with van der Waals surface area (Å²) in [4.78, 5) is 30.2. The fraction of sp³-hybridized carbons (Fsp3) is 0. The SMILES string of the molecule is c1ccc(-c2nc(-c3ccc(-c4cccc5cccnc45)cc3)nc(-c3cccc4oc5ccc(-c6ccc7nc(-c8ccccc8)nc(-c8ccccc8)c7c6)cc5c34)n2)cc1. The average Bonchev–Trinajstić information content (AvgIpc) is 3.75. The van der Waals surface area contributed by atoms with Crippen molar-refractivity contribution < 1.29 is 4.42 Å². The first kappa shape index (κ1) is 36.2. The number of hydrogen-bond acceptors (Lipinski definition) is 7. The van der Waals surface area contributed by atoms with E-state index >= 15 is 0 Å². The van der Waals surface area contributed by atoms with Crippen molar-refractivity contribution in [2.45, 2.75) is 0 Å². The topological polar surface area (TPSA) is 90.5 Å². The lowest BCUT2D eigenvalue weighted by Crippen LogP contribution is -2.00. The Labute approximate surface area is 362 Å². The van der Waals surface area contributed by atoms with Crippen LogP contribution in [-0.4, -0.2) is 29.9 Å². The van der Waals surface area contributed by atoms with Gasteiger partial charge in [0.15, 0.2) is 23.3 Å². The van der Waals surface area contributed by atoms with Gasteiger partial charge in [-0.15, -0.1) is 0 Å². The van der Waals surface area contributed by atoms with Gasteiger partial charge in [-0.25, -0.2) is 24.9 Å². The van der Waals surface area contributed by atoms with E-state index in [1.54, 1.807) is 0 Å². The quantitative estimate of drug-likeness (QED) is 0.158. The lowest BCUT2D eigenvalue weighted by atomic mass is 9.98. The number of benzene rings is 8. The number of aromatic nitrogens is 6. The molecule has 0 unspecified atom stereocenters. The zero-order valence-corrected chi connectivity index (χ0v) is 33.7. The van der Waals surface area contributed by atoms with Crippen LogP contribution in [0.1, 0.15) is 0 Å². The highest BCUT2D eigenvalue weighted by Crippen LogP contribution is 2.40. The summed E-state index contributed by atoms with van der Waals surface area (Å²) in [5.41, 5.74) is 13.1. The maximum absolute atomic E-state index is 6.53. The lowest BCUT2D eigenvalue weighted by Gasteiger charge is -2.11. The summed E-state index contributed by atoms with van der Waals surface area (Å²) in [6, 6.07) is 68.1.